The maximum atomic E-state index is 11.8. The Balaban J connectivity index is 1.97. The van der Waals surface area contributed by atoms with Gasteiger partial charge in [0.2, 0.25) is 0 Å². The highest BCUT2D eigenvalue weighted by Crippen LogP contribution is 2.38. The molecule has 3 aromatic carbocycles. The molecule has 0 aliphatic carbocycles. The molecule has 31 heavy (non-hydrogen) atoms. The number of carbonyl (C=O) groups is 1. The van der Waals surface area contributed by atoms with Crippen LogP contribution in [0.4, 0.5) is 10.5 Å². The Morgan fingerprint density at radius 2 is 1.77 bits per heavy atom. The van der Waals surface area contributed by atoms with Crippen molar-refractivity contribution in [1.29, 1.82) is 0 Å². The summed E-state index contributed by atoms with van der Waals surface area (Å²) in [5.74, 6) is 0.825. The number of benzene rings is 3. The van der Waals surface area contributed by atoms with Crippen LogP contribution in [-0.2, 0) is 9.30 Å². The molecular weight excluding hydrogens is 415 g/mol. The summed E-state index contributed by atoms with van der Waals surface area (Å²) >= 11 is 0. The van der Waals surface area contributed by atoms with E-state index in [1.165, 1.54) is 13.2 Å². The Morgan fingerprint density at radius 1 is 1.00 bits per heavy atom. The van der Waals surface area contributed by atoms with E-state index in [1.54, 1.807) is 18.2 Å². The summed E-state index contributed by atoms with van der Waals surface area (Å²) in [4.78, 5) is 34.7. The summed E-state index contributed by atoms with van der Waals surface area (Å²) in [6, 6.07) is 20.9. The Hall–Kier alpha value is -3.51. The fraction of sp³-hybridized carbons (Fsp3) is 0.0435. The summed E-state index contributed by atoms with van der Waals surface area (Å²) in [5.41, 5.74) is 3.28. The lowest BCUT2D eigenvalue weighted by Gasteiger charge is -2.13. The van der Waals surface area contributed by atoms with Gasteiger partial charge in [0.25, 0.3) is 0 Å². The Bertz CT molecular complexity index is 1370. The molecule has 7 nitrogen and oxygen atoms in total. The van der Waals surface area contributed by atoms with Gasteiger partial charge in [0.05, 0.1) is 18.3 Å². The summed E-state index contributed by atoms with van der Waals surface area (Å²) < 4.78 is 15.9. The van der Waals surface area contributed by atoms with Crippen LogP contribution in [0, 0.1) is 0 Å². The summed E-state index contributed by atoms with van der Waals surface area (Å²) in [5, 5.41) is 5.52. The molecule has 0 fully saturated rings. The molecule has 0 bridgehead atoms. The number of hydrogen-bond donors (Lipinski definition) is 3. The number of aromatic nitrogens is 1. The van der Waals surface area contributed by atoms with Crippen molar-refractivity contribution in [2.75, 3.05) is 12.4 Å². The van der Waals surface area contributed by atoms with Crippen LogP contribution >= 0.6 is 7.60 Å². The summed E-state index contributed by atoms with van der Waals surface area (Å²) in [6.07, 6.45) is 0.714. The van der Waals surface area contributed by atoms with Gasteiger partial charge < -0.3 is 14.5 Å². The number of pyridine rings is 1. The van der Waals surface area contributed by atoms with Gasteiger partial charge in [0.15, 0.2) is 0 Å². The number of amides is 1. The molecule has 1 aromatic heterocycles. The minimum Gasteiger partial charge on any atom is -0.453 e. The highest BCUT2D eigenvalue weighted by atomic mass is 31.2. The molecule has 0 radical (unpaired) electrons. The normalized spacial score (nSPS) is 11.8. The third-order valence-corrected chi connectivity index (χ3v) is 5.30. The van der Waals surface area contributed by atoms with E-state index in [0.717, 1.165) is 33.1 Å². The molecule has 4 rings (SSSR count). The van der Waals surface area contributed by atoms with E-state index in [0.29, 0.717) is 16.9 Å². The SMILES string of the molecule is COC(=O)Nc1cc(-c2cccc3ccccc23)c2nc(/C=C/P(=O)(O)O)ccc2c1. The van der Waals surface area contributed by atoms with Gasteiger partial charge in [-0.15, -0.1) is 0 Å². The van der Waals surface area contributed by atoms with E-state index < -0.39 is 13.7 Å². The zero-order valence-corrected chi connectivity index (χ0v) is 17.4. The number of rotatable bonds is 4. The van der Waals surface area contributed by atoms with Crippen LogP contribution in [0.1, 0.15) is 5.69 Å². The van der Waals surface area contributed by atoms with Crippen LogP contribution in [-0.4, -0.2) is 28.0 Å². The predicted octanol–water partition coefficient (Wildman–Crippen LogP) is 5.38. The molecule has 0 spiro atoms. The van der Waals surface area contributed by atoms with Crippen molar-refractivity contribution in [3.05, 3.63) is 78.2 Å². The van der Waals surface area contributed by atoms with Gasteiger partial charge in [0.1, 0.15) is 0 Å². The Labute approximate surface area is 178 Å². The molecule has 1 amide bonds. The first-order valence-electron chi connectivity index (χ1n) is 9.36. The molecule has 0 aliphatic heterocycles. The summed E-state index contributed by atoms with van der Waals surface area (Å²) in [6.45, 7) is 0. The van der Waals surface area contributed by atoms with E-state index in [9.17, 15) is 9.36 Å². The number of methoxy groups -OCH3 is 1. The third-order valence-electron chi connectivity index (χ3n) is 4.77. The highest BCUT2D eigenvalue weighted by Gasteiger charge is 2.13. The maximum absolute atomic E-state index is 11.8. The van der Waals surface area contributed by atoms with Crippen LogP contribution in [0.3, 0.4) is 0 Å². The summed E-state index contributed by atoms with van der Waals surface area (Å²) in [7, 11) is -3.01. The van der Waals surface area contributed by atoms with E-state index in [4.69, 9.17) is 14.5 Å². The molecule has 0 atom stereocenters. The second-order valence-corrected chi connectivity index (χ2v) is 8.36. The number of hydrogen-bond acceptors (Lipinski definition) is 4. The lowest BCUT2D eigenvalue weighted by molar-refractivity contribution is 0.187. The number of carbonyl (C=O) groups excluding carboxylic acids is 1. The molecule has 4 aromatic rings. The minimum atomic E-state index is -4.30. The van der Waals surface area contributed by atoms with E-state index in [1.807, 2.05) is 48.5 Å². The van der Waals surface area contributed by atoms with Crippen molar-refractivity contribution >= 4 is 47.1 Å². The first kappa shape index (κ1) is 20.8. The van der Waals surface area contributed by atoms with Gasteiger partial charge in [-0.05, 0) is 40.6 Å². The van der Waals surface area contributed by atoms with Crippen LogP contribution in [0.25, 0.3) is 38.9 Å². The fourth-order valence-electron chi connectivity index (χ4n) is 3.42. The second-order valence-electron chi connectivity index (χ2n) is 6.88. The van der Waals surface area contributed by atoms with Crippen LogP contribution in [0.15, 0.2) is 72.5 Å². The molecule has 0 aliphatic rings. The molecule has 156 valence electrons. The zero-order valence-electron chi connectivity index (χ0n) is 16.5. The number of nitrogens with zero attached hydrogens (tertiary/aromatic N) is 1. The molecule has 0 unspecified atom stereocenters. The number of nitrogens with one attached hydrogen (secondary N) is 1. The molecule has 0 saturated heterocycles. The standard InChI is InChI=1S/C23H19N2O5P/c1-30-23(26)25-18-13-16-9-10-17(11-12-31(27,28)29)24-22(16)21(14-18)20-8-4-6-15-5-2-3-7-19(15)20/h2-14H,1H3,(H,25,26)(H2,27,28,29)/b12-11+. The van der Waals surface area contributed by atoms with Crippen LogP contribution in [0.2, 0.25) is 0 Å². The Kier molecular flexibility index (Phi) is 5.57. The van der Waals surface area contributed by atoms with E-state index in [-0.39, 0.29) is 0 Å². The second kappa shape index (κ2) is 8.32. The molecule has 8 heteroatoms. The zero-order chi connectivity index (χ0) is 22.0. The average molecular weight is 434 g/mol. The largest absolute Gasteiger partial charge is 0.453 e. The van der Waals surface area contributed by atoms with Gasteiger partial charge in [-0.1, -0.05) is 48.5 Å². The van der Waals surface area contributed by atoms with Crippen LogP contribution < -0.4 is 5.32 Å². The van der Waals surface area contributed by atoms with Crippen molar-refractivity contribution in [1.82, 2.24) is 4.98 Å². The molecular formula is C23H19N2O5P. The third kappa shape index (κ3) is 4.64. The number of fused-ring (bicyclic) bond motifs is 2. The highest BCUT2D eigenvalue weighted by molar-refractivity contribution is 7.55. The maximum Gasteiger partial charge on any atom is 0.411 e. The van der Waals surface area contributed by atoms with Crippen molar-refractivity contribution in [2.24, 2.45) is 0 Å². The van der Waals surface area contributed by atoms with Gasteiger partial charge in [-0.25, -0.2) is 9.78 Å². The molecule has 1 heterocycles. The van der Waals surface area contributed by atoms with Crippen molar-refractivity contribution in [3.63, 3.8) is 0 Å². The fourth-order valence-corrected chi connectivity index (χ4v) is 3.77. The van der Waals surface area contributed by atoms with E-state index >= 15 is 0 Å². The van der Waals surface area contributed by atoms with Crippen molar-refractivity contribution in [3.8, 4) is 11.1 Å². The van der Waals surface area contributed by atoms with Gasteiger partial charge >= 0.3 is 13.7 Å². The monoisotopic (exact) mass is 434 g/mol. The quantitative estimate of drug-likeness (QED) is 0.372. The topological polar surface area (TPSA) is 109 Å². The van der Waals surface area contributed by atoms with Crippen molar-refractivity contribution in [2.45, 2.75) is 0 Å². The predicted molar refractivity (Wildman–Crippen MR) is 122 cm³/mol. The lowest BCUT2D eigenvalue weighted by atomic mass is 9.95. The smallest absolute Gasteiger partial charge is 0.411 e. The number of anilines is 1. The molecule has 3 N–H and O–H groups in total. The van der Waals surface area contributed by atoms with Gasteiger partial charge in [0, 0.05) is 22.5 Å². The van der Waals surface area contributed by atoms with Gasteiger partial charge in [-0.3, -0.25) is 9.88 Å². The first-order chi connectivity index (χ1) is 14.8. The minimum absolute atomic E-state index is 0.408. The molecule has 0 saturated carbocycles. The van der Waals surface area contributed by atoms with Crippen molar-refractivity contribution < 1.29 is 23.9 Å². The average Bonchev–Trinajstić information content (AvgIpc) is 2.76. The van der Waals surface area contributed by atoms with E-state index in [2.05, 4.69) is 10.3 Å². The first-order valence-corrected chi connectivity index (χ1v) is 11.0. The van der Waals surface area contributed by atoms with Gasteiger partial charge in [-0.2, -0.15) is 0 Å². The Morgan fingerprint density at radius 3 is 2.55 bits per heavy atom. The lowest BCUT2D eigenvalue weighted by Crippen LogP contribution is -2.11. The number of ether oxygens (including phenoxy) is 1. The van der Waals surface area contributed by atoms with Crippen LogP contribution in [0.5, 0.6) is 0 Å².